The summed E-state index contributed by atoms with van der Waals surface area (Å²) in [4.78, 5) is 23.4. The van der Waals surface area contributed by atoms with Crippen molar-refractivity contribution in [2.75, 3.05) is 0 Å². The van der Waals surface area contributed by atoms with Crippen LogP contribution in [0.25, 0.3) is 0 Å². The second kappa shape index (κ2) is 11.0. The van der Waals surface area contributed by atoms with Crippen molar-refractivity contribution in [1.29, 1.82) is 0 Å². The van der Waals surface area contributed by atoms with E-state index in [2.05, 4.69) is 0 Å². The number of rotatable bonds is 12. The Morgan fingerprint density at radius 3 is 1.31 bits per heavy atom. The lowest BCUT2D eigenvalue weighted by Crippen LogP contribution is -2.12. The van der Waals surface area contributed by atoms with Gasteiger partial charge in [0.05, 0.1) is 0 Å². The average molecular weight is 408 g/mol. The number of carbonyl (C=O) groups is 2. The molecule has 0 atom stereocenters. The largest absolute Gasteiger partial charge is 0.494 e. The predicted octanol–water partition coefficient (Wildman–Crippen LogP) is 3.00. The van der Waals surface area contributed by atoms with Gasteiger partial charge in [0.15, 0.2) is 23.5 Å². The van der Waals surface area contributed by atoms with Gasteiger partial charge in [0.1, 0.15) is 0 Å². The minimum Gasteiger partial charge on any atom is -0.494 e. The Hall–Kier alpha value is -3.10. The molecule has 4 N–H and O–H groups in total. The zero-order valence-corrected chi connectivity index (χ0v) is 16.3. The van der Waals surface area contributed by atoms with E-state index in [-0.39, 0.29) is 36.4 Å². The molecule has 9 heteroatoms. The van der Waals surface area contributed by atoms with Crippen molar-refractivity contribution in [2.45, 2.75) is 64.5 Å². The molecule has 0 aromatic carbocycles. The molecule has 2 heterocycles. The average Bonchev–Trinajstić information content (AvgIpc) is 3.16. The van der Waals surface area contributed by atoms with Crippen LogP contribution in [0.5, 0.6) is 23.5 Å². The Morgan fingerprint density at radius 1 is 0.621 bits per heavy atom. The Balaban J connectivity index is 1.50. The molecule has 2 aromatic rings. The molecule has 0 spiro atoms. The molecule has 0 saturated heterocycles. The van der Waals surface area contributed by atoms with Gasteiger partial charge in [-0.2, -0.15) is 0 Å². The third-order valence-electron chi connectivity index (χ3n) is 4.62. The topological polar surface area (TPSA) is 134 Å². The fourth-order valence-electron chi connectivity index (χ4n) is 3.01. The molecule has 2 rings (SSSR count). The van der Waals surface area contributed by atoms with E-state index in [0.29, 0.717) is 51.6 Å². The predicted molar refractivity (Wildman–Crippen MR) is 104 cm³/mol. The highest BCUT2D eigenvalue weighted by molar-refractivity contribution is 5.85. The lowest BCUT2D eigenvalue weighted by Gasteiger charge is -2.07. The van der Waals surface area contributed by atoms with Crippen LogP contribution in [0, 0.1) is 0 Å². The van der Waals surface area contributed by atoms with Gasteiger partial charge in [0.2, 0.25) is 0 Å². The summed E-state index contributed by atoms with van der Waals surface area (Å²) >= 11 is 0. The second-order valence-corrected chi connectivity index (χ2v) is 6.87. The third kappa shape index (κ3) is 7.10. The maximum absolute atomic E-state index is 11.7. The van der Waals surface area contributed by atoms with E-state index in [0.717, 1.165) is 0 Å². The number of ether oxygens (including phenoxy) is 1. The van der Waals surface area contributed by atoms with Gasteiger partial charge in [0, 0.05) is 50.2 Å². The molecule has 0 bridgehead atoms. The lowest BCUT2D eigenvalue weighted by molar-refractivity contribution is -0.159. The Labute approximate surface area is 168 Å². The number of hydrogen-bond donors (Lipinski definition) is 4. The third-order valence-corrected chi connectivity index (χ3v) is 4.62. The summed E-state index contributed by atoms with van der Waals surface area (Å²) in [5.74, 6) is -1.12. The Kier molecular flexibility index (Phi) is 8.45. The maximum atomic E-state index is 11.7. The van der Waals surface area contributed by atoms with E-state index in [1.165, 1.54) is 33.4 Å². The molecule has 0 aliphatic carbocycles. The van der Waals surface area contributed by atoms with E-state index in [9.17, 15) is 30.0 Å². The molecule has 0 fully saturated rings. The Bertz CT molecular complexity index is 705. The fourth-order valence-corrected chi connectivity index (χ4v) is 3.01. The van der Waals surface area contributed by atoms with Crippen LogP contribution in [0.15, 0.2) is 24.3 Å². The number of hydrogen-bond acceptors (Lipinski definition) is 7. The molecule has 29 heavy (non-hydrogen) atoms. The molecule has 9 nitrogen and oxygen atoms in total. The van der Waals surface area contributed by atoms with Gasteiger partial charge in [-0.1, -0.05) is 12.8 Å². The van der Waals surface area contributed by atoms with Crippen LogP contribution in [-0.2, 0) is 27.4 Å². The van der Waals surface area contributed by atoms with Crippen molar-refractivity contribution in [3.05, 3.63) is 24.3 Å². The minimum atomic E-state index is -0.552. The van der Waals surface area contributed by atoms with Crippen molar-refractivity contribution in [1.82, 2.24) is 9.13 Å². The first-order valence-electron chi connectivity index (χ1n) is 9.77. The molecule has 160 valence electrons. The summed E-state index contributed by atoms with van der Waals surface area (Å²) in [6.07, 6.45) is 4.12. The zero-order valence-electron chi connectivity index (χ0n) is 16.3. The first-order valence-corrected chi connectivity index (χ1v) is 9.77. The summed E-state index contributed by atoms with van der Waals surface area (Å²) in [5.41, 5.74) is 0. The minimum absolute atomic E-state index is 0.00512. The van der Waals surface area contributed by atoms with E-state index in [1.54, 1.807) is 0 Å². The van der Waals surface area contributed by atoms with Crippen LogP contribution >= 0.6 is 0 Å². The van der Waals surface area contributed by atoms with Crippen LogP contribution in [0.2, 0.25) is 0 Å². The highest BCUT2D eigenvalue weighted by atomic mass is 16.6. The van der Waals surface area contributed by atoms with Crippen molar-refractivity contribution in [3.63, 3.8) is 0 Å². The van der Waals surface area contributed by atoms with Crippen molar-refractivity contribution < 1.29 is 34.8 Å². The first kappa shape index (κ1) is 22.2. The normalized spacial score (nSPS) is 10.9. The highest BCUT2D eigenvalue weighted by Gasteiger charge is 2.11. The molecule has 0 amide bonds. The van der Waals surface area contributed by atoms with Crippen LogP contribution in [0.3, 0.4) is 0 Å². The van der Waals surface area contributed by atoms with Gasteiger partial charge >= 0.3 is 11.9 Å². The monoisotopic (exact) mass is 408 g/mol. The number of unbranched alkanes of at least 4 members (excludes halogenated alkanes) is 4. The van der Waals surface area contributed by atoms with Crippen LogP contribution in [0.1, 0.15) is 51.4 Å². The molecular formula is C20H28N2O7. The fraction of sp³-hybridized carbons (Fsp3) is 0.500. The molecular weight excluding hydrogens is 380 g/mol. The summed E-state index contributed by atoms with van der Waals surface area (Å²) in [6.45, 7) is 0.883. The van der Waals surface area contributed by atoms with Crippen molar-refractivity contribution >= 4 is 11.9 Å². The van der Waals surface area contributed by atoms with Gasteiger partial charge in [-0.15, -0.1) is 0 Å². The number of aromatic nitrogens is 2. The standard InChI is InChI=1S/C20H28N2O7/c23-15-9-10-16(24)21(15)13-5-1-3-7-19(27)29-20(28)8-4-2-6-14-22-17(25)11-12-18(22)26/h9-12,23-26H,1-8,13-14H2. The first-order chi connectivity index (χ1) is 13.9. The second-order valence-electron chi connectivity index (χ2n) is 6.87. The number of carbonyl (C=O) groups excluding carboxylic acids is 2. The van der Waals surface area contributed by atoms with E-state index < -0.39 is 11.9 Å². The van der Waals surface area contributed by atoms with E-state index in [4.69, 9.17) is 4.74 Å². The summed E-state index contributed by atoms with van der Waals surface area (Å²) < 4.78 is 7.54. The summed E-state index contributed by atoms with van der Waals surface area (Å²) in [5, 5.41) is 38.1. The number of aromatic hydroxyl groups is 4. The van der Waals surface area contributed by atoms with Gasteiger partial charge in [-0.3, -0.25) is 18.7 Å². The molecule has 0 aliphatic heterocycles. The van der Waals surface area contributed by atoms with Crippen LogP contribution < -0.4 is 0 Å². The molecule has 0 radical (unpaired) electrons. The quantitative estimate of drug-likeness (QED) is 0.241. The Morgan fingerprint density at radius 2 is 0.966 bits per heavy atom. The van der Waals surface area contributed by atoms with Gasteiger partial charge in [-0.25, -0.2) is 0 Å². The smallest absolute Gasteiger partial charge is 0.313 e. The highest BCUT2D eigenvalue weighted by Crippen LogP contribution is 2.22. The molecule has 0 aliphatic rings. The molecule has 0 saturated carbocycles. The SMILES string of the molecule is O=C(CCCCCn1c(O)ccc1O)OC(=O)CCCCCn1c(O)ccc1O. The van der Waals surface area contributed by atoms with Crippen LogP contribution in [-0.4, -0.2) is 41.5 Å². The number of esters is 2. The van der Waals surface area contributed by atoms with Gasteiger partial charge < -0.3 is 25.2 Å². The van der Waals surface area contributed by atoms with Crippen molar-refractivity contribution in [2.24, 2.45) is 0 Å². The van der Waals surface area contributed by atoms with Crippen molar-refractivity contribution in [3.8, 4) is 23.5 Å². The zero-order chi connectivity index (χ0) is 21.2. The molecule has 0 unspecified atom stereocenters. The summed E-state index contributed by atoms with van der Waals surface area (Å²) in [7, 11) is 0. The lowest BCUT2D eigenvalue weighted by atomic mass is 10.2. The van der Waals surface area contributed by atoms with Crippen LogP contribution in [0.4, 0.5) is 0 Å². The maximum Gasteiger partial charge on any atom is 0.313 e. The number of nitrogens with zero attached hydrogens (tertiary/aromatic N) is 2. The van der Waals surface area contributed by atoms with Gasteiger partial charge in [-0.05, 0) is 25.7 Å². The van der Waals surface area contributed by atoms with E-state index >= 15 is 0 Å². The molecule has 2 aromatic heterocycles. The van der Waals surface area contributed by atoms with E-state index in [1.807, 2.05) is 0 Å². The van der Waals surface area contributed by atoms with Gasteiger partial charge in [0.25, 0.3) is 0 Å². The summed E-state index contributed by atoms with van der Waals surface area (Å²) in [6, 6.07) is 5.64.